The van der Waals surface area contributed by atoms with E-state index in [1.807, 2.05) is 0 Å². The molecular formula is C12H22OSn. The molecule has 80 valence electrons. The van der Waals surface area contributed by atoms with Crippen molar-refractivity contribution in [2.45, 2.75) is 42.0 Å². The number of allylic oxidation sites excluding steroid dienone is 2. The number of carbonyl (C=O) groups excluding carboxylic acids is 1. The maximum atomic E-state index is 11.9. The fourth-order valence-corrected chi connectivity index (χ4v) is 9.19. The fraction of sp³-hybridized carbons (Fsp3) is 0.750. The van der Waals surface area contributed by atoms with Gasteiger partial charge in [0.05, 0.1) is 0 Å². The van der Waals surface area contributed by atoms with Gasteiger partial charge in [-0.2, -0.15) is 0 Å². The Morgan fingerprint density at radius 3 is 2.00 bits per heavy atom. The normalized spacial score (nSPS) is 23.9. The molecule has 0 unspecified atom stereocenters. The van der Waals surface area contributed by atoms with Crippen molar-refractivity contribution in [2.75, 3.05) is 0 Å². The van der Waals surface area contributed by atoms with E-state index in [1.54, 1.807) is 0 Å². The average Bonchev–Trinajstić information content (AvgIpc) is 2.24. The van der Waals surface area contributed by atoms with Gasteiger partial charge in [-0.25, -0.2) is 0 Å². The molecule has 0 aliphatic heterocycles. The third-order valence-electron chi connectivity index (χ3n) is 3.19. The van der Waals surface area contributed by atoms with Gasteiger partial charge in [0.25, 0.3) is 0 Å². The number of hydrogen-bond donors (Lipinski definition) is 0. The van der Waals surface area contributed by atoms with Crippen LogP contribution in [0.25, 0.3) is 0 Å². The number of carbonyl (C=O) groups is 1. The van der Waals surface area contributed by atoms with E-state index in [2.05, 4.69) is 35.6 Å². The molecule has 0 saturated heterocycles. The summed E-state index contributed by atoms with van der Waals surface area (Å²) in [5, 5.41) is 0. The van der Waals surface area contributed by atoms with Crippen molar-refractivity contribution in [1.82, 2.24) is 0 Å². The van der Waals surface area contributed by atoms with Gasteiger partial charge >= 0.3 is 92.0 Å². The predicted octanol–water partition coefficient (Wildman–Crippen LogP) is 3.43. The Morgan fingerprint density at radius 2 is 1.79 bits per heavy atom. The molecular weight excluding hydrogens is 279 g/mol. The Kier molecular flexibility index (Phi) is 3.50. The van der Waals surface area contributed by atoms with E-state index in [0.29, 0.717) is 17.6 Å². The van der Waals surface area contributed by atoms with Crippen LogP contribution in [0.4, 0.5) is 0 Å². The molecule has 0 spiro atoms. The average molecular weight is 301 g/mol. The van der Waals surface area contributed by atoms with E-state index >= 15 is 0 Å². The van der Waals surface area contributed by atoms with Gasteiger partial charge in [0.15, 0.2) is 0 Å². The molecule has 0 radical (unpaired) electrons. The van der Waals surface area contributed by atoms with Crippen LogP contribution in [0, 0.1) is 11.8 Å². The molecule has 0 fully saturated rings. The predicted molar refractivity (Wildman–Crippen MR) is 64.0 cm³/mol. The van der Waals surface area contributed by atoms with Crippen LogP contribution in [0.1, 0.15) is 27.2 Å². The number of ketones is 1. The summed E-state index contributed by atoms with van der Waals surface area (Å²) in [5.74, 6) is 1.61. The maximum absolute atomic E-state index is 11.9. The van der Waals surface area contributed by atoms with E-state index in [0.717, 1.165) is 6.42 Å². The molecule has 2 heteroatoms. The van der Waals surface area contributed by atoms with Crippen molar-refractivity contribution in [3.63, 3.8) is 0 Å². The van der Waals surface area contributed by atoms with Crippen LogP contribution in [0.5, 0.6) is 0 Å². The van der Waals surface area contributed by atoms with E-state index in [9.17, 15) is 4.79 Å². The van der Waals surface area contributed by atoms with Gasteiger partial charge in [-0.05, 0) is 0 Å². The van der Waals surface area contributed by atoms with Crippen LogP contribution in [0.2, 0.25) is 14.8 Å². The first-order valence-corrected chi connectivity index (χ1v) is 15.5. The molecule has 0 N–H and O–H groups in total. The van der Waals surface area contributed by atoms with Gasteiger partial charge in [0, 0.05) is 0 Å². The van der Waals surface area contributed by atoms with Crippen molar-refractivity contribution >= 4 is 24.2 Å². The van der Waals surface area contributed by atoms with Crippen LogP contribution in [0.15, 0.2) is 9.16 Å². The number of hydrogen-bond acceptors (Lipinski definition) is 1. The summed E-state index contributed by atoms with van der Waals surface area (Å²) >= 11 is -2.14. The summed E-state index contributed by atoms with van der Waals surface area (Å²) in [6, 6.07) is 0. The van der Waals surface area contributed by atoms with Crippen LogP contribution >= 0.6 is 0 Å². The van der Waals surface area contributed by atoms with E-state index in [-0.39, 0.29) is 0 Å². The zero-order valence-electron chi connectivity index (χ0n) is 10.3. The Labute approximate surface area is 91.8 Å². The van der Waals surface area contributed by atoms with E-state index < -0.39 is 18.4 Å². The molecule has 1 aliphatic carbocycles. The zero-order chi connectivity index (χ0) is 11.1. The standard InChI is InChI=1S/C9H13O.3CH3.Sn/c1-6(2)9-5-8(10)4-7(9)3;;;;/h6,9H,5H2,1-3H3;3*1H3;/t9-;;;;/m1..../s1. The first-order chi connectivity index (χ1) is 6.25. The zero-order valence-corrected chi connectivity index (χ0v) is 13.1. The van der Waals surface area contributed by atoms with Gasteiger partial charge in [0.1, 0.15) is 0 Å². The van der Waals surface area contributed by atoms with Gasteiger partial charge < -0.3 is 0 Å². The number of Topliss-reactive ketones (excluding diaryl/α,β-unsaturated/α-hetero) is 1. The molecule has 0 aromatic rings. The number of rotatable bonds is 2. The molecule has 0 aromatic heterocycles. The van der Waals surface area contributed by atoms with E-state index in [1.165, 1.54) is 9.16 Å². The second-order valence-electron chi connectivity index (χ2n) is 5.79. The Morgan fingerprint density at radius 1 is 1.29 bits per heavy atom. The molecule has 14 heavy (non-hydrogen) atoms. The molecule has 1 atom stereocenters. The summed E-state index contributed by atoms with van der Waals surface area (Å²) in [6.45, 7) is 6.64. The monoisotopic (exact) mass is 302 g/mol. The Bertz CT molecular complexity index is 281. The molecule has 0 bridgehead atoms. The van der Waals surface area contributed by atoms with Crippen LogP contribution < -0.4 is 0 Å². The SMILES string of the molecule is CC1=[C]([Sn]([CH3])([CH3])[CH3])C(=O)C[C@@H]1C(C)C. The van der Waals surface area contributed by atoms with Crippen LogP contribution in [0.3, 0.4) is 0 Å². The van der Waals surface area contributed by atoms with Gasteiger partial charge in [-0.3, -0.25) is 0 Å². The summed E-state index contributed by atoms with van der Waals surface area (Å²) in [4.78, 5) is 19.0. The van der Waals surface area contributed by atoms with Crippen LogP contribution in [-0.4, -0.2) is 24.2 Å². The van der Waals surface area contributed by atoms with Crippen molar-refractivity contribution in [1.29, 1.82) is 0 Å². The van der Waals surface area contributed by atoms with Crippen molar-refractivity contribution < 1.29 is 4.79 Å². The third kappa shape index (κ3) is 2.23. The molecule has 0 amide bonds. The molecule has 0 aromatic carbocycles. The first kappa shape index (κ1) is 12.3. The molecule has 0 saturated carbocycles. The van der Waals surface area contributed by atoms with Crippen molar-refractivity contribution in [3.8, 4) is 0 Å². The van der Waals surface area contributed by atoms with Crippen molar-refractivity contribution in [2.24, 2.45) is 11.8 Å². The molecule has 1 nitrogen and oxygen atoms in total. The minimum absolute atomic E-state index is 0.462. The quantitative estimate of drug-likeness (QED) is 0.714. The van der Waals surface area contributed by atoms with Gasteiger partial charge in [0.2, 0.25) is 0 Å². The van der Waals surface area contributed by atoms with E-state index in [4.69, 9.17) is 0 Å². The Balaban J connectivity index is 3.09. The van der Waals surface area contributed by atoms with Gasteiger partial charge in [-0.1, -0.05) is 0 Å². The minimum atomic E-state index is -2.14. The summed E-state index contributed by atoms with van der Waals surface area (Å²) in [7, 11) is 0. The topological polar surface area (TPSA) is 17.1 Å². The second-order valence-corrected chi connectivity index (χ2v) is 20.1. The summed E-state index contributed by atoms with van der Waals surface area (Å²) in [6.07, 6.45) is 0.785. The second kappa shape index (κ2) is 3.99. The summed E-state index contributed by atoms with van der Waals surface area (Å²) in [5.41, 5.74) is 1.42. The first-order valence-electron chi connectivity index (χ1n) is 5.49. The molecule has 0 heterocycles. The van der Waals surface area contributed by atoms with Crippen molar-refractivity contribution in [3.05, 3.63) is 9.16 Å². The van der Waals surface area contributed by atoms with Gasteiger partial charge in [-0.15, -0.1) is 0 Å². The van der Waals surface area contributed by atoms with Crippen LogP contribution in [-0.2, 0) is 4.79 Å². The fourth-order valence-electron chi connectivity index (χ4n) is 2.61. The Hall–Kier alpha value is 0.209. The summed E-state index contributed by atoms with van der Waals surface area (Å²) < 4.78 is 1.29. The third-order valence-corrected chi connectivity index (χ3v) is 9.39. The molecule has 1 aliphatic rings. The molecule has 1 rings (SSSR count).